The number of nitriles is 1. The Morgan fingerprint density at radius 1 is 1.26 bits per heavy atom. The molecule has 0 heterocycles. The first kappa shape index (κ1) is 20.3. The van der Waals surface area contributed by atoms with Crippen molar-refractivity contribution in [3.05, 3.63) is 58.8 Å². The van der Waals surface area contributed by atoms with E-state index >= 15 is 0 Å². The second-order valence-electron chi connectivity index (χ2n) is 4.25. The molecule has 4 nitrogen and oxygen atoms in total. The molecule has 0 aliphatic rings. The van der Waals surface area contributed by atoms with E-state index in [0.29, 0.717) is 12.8 Å². The van der Waals surface area contributed by atoms with Gasteiger partial charge in [-0.25, -0.2) is 0 Å². The first-order valence-electron chi connectivity index (χ1n) is 7.02. The van der Waals surface area contributed by atoms with Gasteiger partial charge in [0.15, 0.2) is 0 Å². The van der Waals surface area contributed by atoms with Crippen LogP contribution in [0.4, 0.5) is 0 Å². The van der Waals surface area contributed by atoms with E-state index < -0.39 is 0 Å². The van der Waals surface area contributed by atoms with Gasteiger partial charge in [0.2, 0.25) is 6.41 Å². The molecule has 1 amide bonds. The molecule has 0 aliphatic heterocycles. The number of carbonyl (C=O) groups excluding carboxylic acids is 1. The highest BCUT2D eigenvalue weighted by Crippen LogP contribution is 2.16. The fraction of sp³-hybridized carbons (Fsp3) is 0.222. The molecule has 1 aromatic carbocycles. The Balaban J connectivity index is 0.00000149. The molecule has 120 valence electrons. The van der Waals surface area contributed by atoms with E-state index in [1.807, 2.05) is 36.4 Å². The Bertz CT molecular complexity index is 634. The summed E-state index contributed by atoms with van der Waals surface area (Å²) in [6, 6.07) is 9.88. The van der Waals surface area contributed by atoms with Crippen LogP contribution in [0.15, 0.2) is 48.2 Å². The minimum atomic E-state index is 0.250. The summed E-state index contributed by atoms with van der Waals surface area (Å²) >= 11 is 6.09. The number of rotatable bonds is 5. The van der Waals surface area contributed by atoms with Crippen LogP contribution in [0, 0.1) is 23.2 Å². The molecular weight excluding hydrogens is 310 g/mol. The predicted molar refractivity (Wildman–Crippen MR) is 94.1 cm³/mol. The molecule has 0 saturated heterocycles. The van der Waals surface area contributed by atoms with E-state index in [2.05, 4.69) is 23.6 Å². The van der Waals surface area contributed by atoms with Crippen molar-refractivity contribution < 1.29 is 4.79 Å². The van der Waals surface area contributed by atoms with Crippen LogP contribution in [-0.2, 0) is 11.2 Å². The van der Waals surface area contributed by atoms with Crippen LogP contribution in [0.5, 0.6) is 0 Å². The van der Waals surface area contributed by atoms with Gasteiger partial charge in [-0.05, 0) is 30.5 Å². The number of nitrogens with zero attached hydrogens (tertiary/aromatic N) is 1. The number of unbranched alkanes of at least 4 members (excludes halogenated alkanes) is 1. The van der Waals surface area contributed by atoms with Crippen LogP contribution in [0.3, 0.4) is 0 Å². The molecule has 0 aromatic heterocycles. The lowest BCUT2D eigenvalue weighted by Gasteiger charge is -2.00. The van der Waals surface area contributed by atoms with Crippen molar-refractivity contribution in [2.24, 2.45) is 11.5 Å². The lowest BCUT2D eigenvalue weighted by atomic mass is 10.1. The van der Waals surface area contributed by atoms with Gasteiger partial charge in [0.05, 0.1) is 6.07 Å². The zero-order chi connectivity index (χ0) is 17.3. The van der Waals surface area contributed by atoms with Gasteiger partial charge in [0.1, 0.15) is 0 Å². The van der Waals surface area contributed by atoms with Crippen LogP contribution < -0.4 is 11.5 Å². The molecule has 0 unspecified atom stereocenters. The minimum absolute atomic E-state index is 0.250. The molecule has 0 fully saturated rings. The molecule has 23 heavy (non-hydrogen) atoms. The second kappa shape index (κ2) is 14.3. The first-order valence-corrected chi connectivity index (χ1v) is 7.40. The molecule has 0 radical (unpaired) electrons. The Morgan fingerprint density at radius 3 is 2.57 bits per heavy atom. The minimum Gasteiger partial charge on any atom is -0.404 e. The quantitative estimate of drug-likeness (QED) is 0.376. The second-order valence-corrected chi connectivity index (χ2v) is 4.66. The van der Waals surface area contributed by atoms with Crippen molar-refractivity contribution in [2.45, 2.75) is 25.7 Å². The number of aryl methyl sites for hydroxylation is 1. The number of amides is 1. The Morgan fingerprint density at radius 2 is 1.96 bits per heavy atom. The fourth-order valence-electron chi connectivity index (χ4n) is 1.57. The van der Waals surface area contributed by atoms with Crippen molar-refractivity contribution in [1.29, 1.82) is 5.26 Å². The molecular formula is C18H20ClN3O. The Labute approximate surface area is 142 Å². The Hall–Kier alpha value is -2.69. The maximum Gasteiger partial charge on any atom is 0.204 e. The van der Waals surface area contributed by atoms with Gasteiger partial charge in [0.25, 0.3) is 0 Å². The molecule has 1 rings (SSSR count). The van der Waals surface area contributed by atoms with Crippen LogP contribution in [-0.4, -0.2) is 6.41 Å². The molecule has 1 aromatic rings. The average Bonchev–Trinajstić information content (AvgIpc) is 2.55. The van der Waals surface area contributed by atoms with E-state index in [1.165, 1.54) is 6.20 Å². The molecule has 0 bridgehead atoms. The number of hydrogen-bond acceptors (Lipinski definition) is 3. The van der Waals surface area contributed by atoms with Gasteiger partial charge in [-0.3, -0.25) is 4.79 Å². The largest absolute Gasteiger partial charge is 0.404 e. The summed E-state index contributed by atoms with van der Waals surface area (Å²) in [5, 5.41) is 9.21. The normalized spacial score (nSPS) is 10.0. The maximum absolute atomic E-state index is 8.58. The number of hydrogen-bond donors (Lipinski definition) is 2. The predicted octanol–water partition coefficient (Wildman–Crippen LogP) is 3.08. The van der Waals surface area contributed by atoms with Crippen LogP contribution in [0.25, 0.3) is 0 Å². The van der Waals surface area contributed by atoms with E-state index in [9.17, 15) is 0 Å². The third kappa shape index (κ3) is 10.6. The van der Waals surface area contributed by atoms with Crippen molar-refractivity contribution in [2.75, 3.05) is 0 Å². The summed E-state index contributed by atoms with van der Waals surface area (Å²) in [6.07, 6.45) is 8.43. The van der Waals surface area contributed by atoms with Gasteiger partial charge in [-0.2, -0.15) is 5.26 Å². The zero-order valence-corrected chi connectivity index (χ0v) is 13.6. The third-order valence-electron chi connectivity index (χ3n) is 2.61. The van der Waals surface area contributed by atoms with Crippen LogP contribution in [0.1, 0.15) is 24.8 Å². The number of halogens is 1. The lowest BCUT2D eigenvalue weighted by molar-refractivity contribution is -0.106. The molecule has 0 saturated carbocycles. The number of nitrogens with two attached hydrogens (primary N) is 2. The summed E-state index contributed by atoms with van der Waals surface area (Å²) in [4.78, 5) is 8.58. The van der Waals surface area contributed by atoms with E-state index in [0.717, 1.165) is 29.0 Å². The van der Waals surface area contributed by atoms with Crippen molar-refractivity contribution in [3.8, 4) is 17.9 Å². The van der Waals surface area contributed by atoms with E-state index in [1.54, 1.807) is 0 Å². The molecule has 0 aliphatic carbocycles. The summed E-state index contributed by atoms with van der Waals surface area (Å²) < 4.78 is 0. The molecule has 4 N–H and O–H groups in total. The number of allylic oxidation sites excluding steroid dienone is 3. The number of benzene rings is 1. The Kier molecular flexibility index (Phi) is 12.6. The van der Waals surface area contributed by atoms with Crippen molar-refractivity contribution in [3.63, 3.8) is 0 Å². The lowest BCUT2D eigenvalue weighted by Crippen LogP contribution is -1.86. The van der Waals surface area contributed by atoms with Crippen molar-refractivity contribution in [1.82, 2.24) is 0 Å². The average molecular weight is 330 g/mol. The summed E-state index contributed by atoms with van der Waals surface area (Å²) in [5.41, 5.74) is 11.6. The van der Waals surface area contributed by atoms with Crippen LogP contribution >= 0.6 is 11.6 Å². The van der Waals surface area contributed by atoms with E-state index in [-0.39, 0.29) is 6.41 Å². The topological polar surface area (TPSA) is 92.9 Å². The highest BCUT2D eigenvalue weighted by atomic mass is 35.5. The van der Waals surface area contributed by atoms with Crippen LogP contribution in [0.2, 0.25) is 5.02 Å². The zero-order valence-electron chi connectivity index (χ0n) is 12.8. The standard InChI is InChI=1S/C17H17ClN2.CH3NO/c18-17-12-6-5-11-16(17)10-4-3-9-15(14-20)8-2-1-7-13-19;2-1-3/h3,5-6,9,11-12,14H,1,4,7,10,20H2;1H,(H2,2,3)/b9-3-,15-14-;. The van der Waals surface area contributed by atoms with Gasteiger partial charge >= 0.3 is 0 Å². The van der Waals surface area contributed by atoms with Gasteiger partial charge < -0.3 is 11.5 Å². The fourth-order valence-corrected chi connectivity index (χ4v) is 1.80. The molecule has 0 atom stereocenters. The third-order valence-corrected chi connectivity index (χ3v) is 2.98. The monoisotopic (exact) mass is 329 g/mol. The van der Waals surface area contributed by atoms with Gasteiger partial charge in [-0.1, -0.05) is 47.7 Å². The SMILES string of the molecule is N#CCCC#CC(/C=C\CCc1ccccc1Cl)=C/N.NC=O. The highest BCUT2D eigenvalue weighted by Gasteiger charge is 1.96. The highest BCUT2D eigenvalue weighted by molar-refractivity contribution is 6.31. The molecule has 5 heteroatoms. The summed E-state index contributed by atoms with van der Waals surface area (Å²) in [5.74, 6) is 5.85. The number of primary amides is 1. The smallest absolute Gasteiger partial charge is 0.204 e. The summed E-state index contributed by atoms with van der Waals surface area (Å²) in [7, 11) is 0. The molecule has 0 spiro atoms. The first-order chi connectivity index (χ1) is 11.2. The van der Waals surface area contributed by atoms with E-state index in [4.69, 9.17) is 27.4 Å². The van der Waals surface area contributed by atoms with Gasteiger partial charge in [0, 0.05) is 29.6 Å². The van der Waals surface area contributed by atoms with Crippen molar-refractivity contribution >= 4 is 18.0 Å². The number of carbonyl (C=O) groups is 1. The van der Waals surface area contributed by atoms with Gasteiger partial charge in [-0.15, -0.1) is 0 Å². The maximum atomic E-state index is 8.58. The summed E-state index contributed by atoms with van der Waals surface area (Å²) in [6.45, 7) is 0.